The Morgan fingerprint density at radius 2 is 1.75 bits per heavy atom. The molecule has 0 atom stereocenters. The van der Waals surface area contributed by atoms with Gasteiger partial charge in [0.1, 0.15) is 0 Å². The van der Waals surface area contributed by atoms with Gasteiger partial charge in [0, 0.05) is 5.38 Å². The third-order valence-corrected chi connectivity index (χ3v) is 0.283. The summed E-state index contributed by atoms with van der Waals surface area (Å²) in [6, 6.07) is 0. The molecule has 0 aromatic carbocycles. The summed E-state index contributed by atoms with van der Waals surface area (Å²) in [5.74, 6) is 2.45. The molecule has 0 heterocycles. The van der Waals surface area contributed by atoms with Crippen molar-refractivity contribution in [3.63, 3.8) is 0 Å². The van der Waals surface area contributed by atoms with Crippen molar-refractivity contribution in [1.29, 1.82) is 0 Å². The molecule has 0 aliphatic rings. The van der Waals surface area contributed by atoms with E-state index in [0.717, 1.165) is 0 Å². The minimum atomic E-state index is -1.83. The van der Waals surface area contributed by atoms with Gasteiger partial charge in [0.05, 0.1) is 0 Å². The van der Waals surface area contributed by atoms with Gasteiger partial charge in [-0.05, 0) is 18.5 Å². The van der Waals surface area contributed by atoms with Crippen molar-refractivity contribution < 1.29 is 15.0 Å². The van der Waals surface area contributed by atoms with Gasteiger partial charge in [-0.1, -0.05) is 5.92 Å². The average Bonchev–Trinajstić information content (AvgIpc) is 1.65. The molecule has 0 aromatic rings. The zero-order valence-corrected chi connectivity index (χ0v) is 4.94. The summed E-state index contributed by atoms with van der Waals surface area (Å²) in [4.78, 5) is 8.56. The van der Waals surface area contributed by atoms with Crippen molar-refractivity contribution in [2.75, 3.05) is 0 Å². The van der Waals surface area contributed by atoms with Crippen molar-refractivity contribution >= 4 is 17.8 Å². The van der Waals surface area contributed by atoms with Gasteiger partial charge in [0.15, 0.2) is 0 Å². The van der Waals surface area contributed by atoms with E-state index in [4.69, 9.17) is 26.6 Å². The van der Waals surface area contributed by atoms with E-state index < -0.39 is 6.16 Å². The van der Waals surface area contributed by atoms with Crippen molar-refractivity contribution in [3.8, 4) is 11.3 Å². The Labute approximate surface area is 51.9 Å². The first kappa shape index (κ1) is 10.2. The molecule has 0 rings (SSSR count). The van der Waals surface area contributed by atoms with Crippen molar-refractivity contribution in [1.82, 2.24) is 0 Å². The molecule has 0 aliphatic carbocycles. The molecule has 2 N–H and O–H groups in total. The standard InChI is InChI=1S/C3H3Cl.CH2O3/c1-2-3-4;2-1(3)4/h1H3;(H2,2,3,4). The molecule has 0 saturated heterocycles. The second-order valence-electron chi connectivity index (χ2n) is 0.627. The SMILES string of the molecule is CC#CCl.O=C(O)O. The smallest absolute Gasteiger partial charge is 0.450 e. The summed E-state index contributed by atoms with van der Waals surface area (Å²) in [6.07, 6.45) is -1.83. The van der Waals surface area contributed by atoms with E-state index in [0.29, 0.717) is 0 Å². The number of hydrogen-bond acceptors (Lipinski definition) is 1. The third kappa shape index (κ3) is 6040. The maximum Gasteiger partial charge on any atom is 0.503 e. The van der Waals surface area contributed by atoms with E-state index in [1.54, 1.807) is 6.92 Å². The minimum Gasteiger partial charge on any atom is -0.450 e. The molecular formula is C4H5ClO3. The number of hydrogen-bond donors (Lipinski definition) is 2. The maximum absolute atomic E-state index is 8.56. The molecule has 0 spiro atoms. The lowest BCUT2D eigenvalue weighted by Gasteiger charge is -1.60. The van der Waals surface area contributed by atoms with Crippen LogP contribution in [0.2, 0.25) is 0 Å². The Kier molecular flexibility index (Phi) is 12.0. The largest absolute Gasteiger partial charge is 0.503 e. The summed E-state index contributed by atoms with van der Waals surface area (Å²) in [7, 11) is 0. The monoisotopic (exact) mass is 136 g/mol. The van der Waals surface area contributed by atoms with Gasteiger partial charge in [-0.2, -0.15) is 0 Å². The lowest BCUT2D eigenvalue weighted by atomic mass is 10.9. The van der Waals surface area contributed by atoms with Crippen LogP contribution in [0.15, 0.2) is 0 Å². The highest BCUT2D eigenvalue weighted by molar-refractivity contribution is 6.30. The number of rotatable bonds is 0. The number of carboxylic acid groups (broad SMARTS) is 2. The van der Waals surface area contributed by atoms with E-state index >= 15 is 0 Å². The molecule has 4 heteroatoms. The summed E-state index contributed by atoms with van der Waals surface area (Å²) < 4.78 is 0. The van der Waals surface area contributed by atoms with Crippen LogP contribution in [0, 0.1) is 11.3 Å². The first-order valence-electron chi connectivity index (χ1n) is 1.59. The highest BCUT2D eigenvalue weighted by Gasteiger charge is 1.70. The minimum absolute atomic E-state index is 1.69. The van der Waals surface area contributed by atoms with Crippen LogP contribution >= 0.6 is 11.6 Å². The zero-order chi connectivity index (χ0) is 6.99. The number of halogens is 1. The van der Waals surface area contributed by atoms with Crippen molar-refractivity contribution in [3.05, 3.63) is 0 Å². The summed E-state index contributed by atoms with van der Waals surface area (Å²) in [5.41, 5.74) is 0. The molecule has 0 fully saturated rings. The second kappa shape index (κ2) is 9.45. The first-order chi connectivity index (χ1) is 3.65. The lowest BCUT2D eigenvalue weighted by molar-refractivity contribution is 0.137. The van der Waals surface area contributed by atoms with Crippen LogP contribution < -0.4 is 0 Å². The second-order valence-corrected chi connectivity index (χ2v) is 0.816. The fraction of sp³-hybridized carbons (Fsp3) is 0.250. The van der Waals surface area contributed by atoms with Gasteiger partial charge in [-0.25, -0.2) is 4.79 Å². The molecule has 0 bridgehead atoms. The van der Waals surface area contributed by atoms with Gasteiger partial charge >= 0.3 is 6.16 Å². The summed E-state index contributed by atoms with van der Waals surface area (Å²) in [5, 5.41) is 16.1. The predicted octanol–water partition coefficient (Wildman–Crippen LogP) is 1.43. The molecule has 0 aliphatic heterocycles. The van der Waals surface area contributed by atoms with Crippen LogP contribution in [0.3, 0.4) is 0 Å². The van der Waals surface area contributed by atoms with Gasteiger partial charge in [-0.15, -0.1) is 0 Å². The maximum atomic E-state index is 8.56. The van der Waals surface area contributed by atoms with Crippen LogP contribution in [0.5, 0.6) is 0 Å². The van der Waals surface area contributed by atoms with E-state index in [1.165, 1.54) is 0 Å². The fourth-order valence-corrected chi connectivity index (χ4v) is 0. The fourth-order valence-electron chi connectivity index (χ4n) is 0. The molecule has 46 valence electrons. The molecule has 0 radical (unpaired) electrons. The molecule has 0 aromatic heterocycles. The van der Waals surface area contributed by atoms with E-state index in [9.17, 15) is 0 Å². The predicted molar refractivity (Wildman–Crippen MR) is 30.0 cm³/mol. The van der Waals surface area contributed by atoms with Crippen LogP contribution in [-0.2, 0) is 0 Å². The van der Waals surface area contributed by atoms with Gasteiger partial charge in [-0.3, -0.25) is 0 Å². The van der Waals surface area contributed by atoms with E-state index in [1.807, 2.05) is 0 Å². The van der Waals surface area contributed by atoms with Crippen molar-refractivity contribution in [2.24, 2.45) is 0 Å². The van der Waals surface area contributed by atoms with Crippen molar-refractivity contribution in [2.45, 2.75) is 6.92 Å². The van der Waals surface area contributed by atoms with Crippen LogP contribution in [0.4, 0.5) is 4.79 Å². The molecule has 3 nitrogen and oxygen atoms in total. The van der Waals surface area contributed by atoms with Gasteiger partial charge in [0.2, 0.25) is 0 Å². The van der Waals surface area contributed by atoms with E-state index in [-0.39, 0.29) is 0 Å². The first-order valence-corrected chi connectivity index (χ1v) is 1.97. The lowest BCUT2D eigenvalue weighted by Crippen LogP contribution is -1.81. The highest BCUT2D eigenvalue weighted by Crippen LogP contribution is 1.56. The van der Waals surface area contributed by atoms with Crippen LogP contribution in [0.1, 0.15) is 6.92 Å². The summed E-state index contributed by atoms with van der Waals surface area (Å²) in [6.45, 7) is 1.69. The van der Waals surface area contributed by atoms with E-state index in [2.05, 4.69) is 11.3 Å². The Morgan fingerprint density at radius 3 is 1.75 bits per heavy atom. The third-order valence-electron chi connectivity index (χ3n) is 0.0945. The molecule has 0 unspecified atom stereocenters. The Bertz CT molecular complexity index is 100. The normalized spacial score (nSPS) is 4.75. The van der Waals surface area contributed by atoms with Crippen LogP contribution in [0.25, 0.3) is 0 Å². The molecule has 8 heavy (non-hydrogen) atoms. The molecular weight excluding hydrogens is 131 g/mol. The Morgan fingerprint density at radius 1 is 1.62 bits per heavy atom. The zero-order valence-electron chi connectivity index (χ0n) is 4.18. The average molecular weight is 137 g/mol. The van der Waals surface area contributed by atoms with Gasteiger partial charge < -0.3 is 10.2 Å². The highest BCUT2D eigenvalue weighted by atomic mass is 35.5. The quantitative estimate of drug-likeness (QED) is 0.496. The Hall–Kier alpha value is -0.880. The molecule has 0 saturated carbocycles. The molecule has 0 amide bonds. The topological polar surface area (TPSA) is 57.5 Å². The van der Waals surface area contributed by atoms with Gasteiger partial charge in [0.25, 0.3) is 0 Å². The van der Waals surface area contributed by atoms with Crippen LogP contribution in [-0.4, -0.2) is 16.4 Å². The number of carbonyl (C=O) groups is 1. The Balaban J connectivity index is 0. The summed E-state index contributed by atoms with van der Waals surface area (Å²) >= 11 is 4.82.